The number of hydrogen-bond acceptors (Lipinski definition) is 3. The number of nitrogens with zero attached hydrogens (tertiary/aromatic N) is 1. The summed E-state index contributed by atoms with van der Waals surface area (Å²) in [6.07, 6.45) is 2.39. The van der Waals surface area contributed by atoms with Crippen LogP contribution in [0.5, 0.6) is 11.6 Å². The monoisotopic (exact) mass is 301 g/mol. The summed E-state index contributed by atoms with van der Waals surface area (Å²) in [4.78, 5) is 4.13. The molecule has 0 N–H and O–H groups in total. The van der Waals surface area contributed by atoms with Gasteiger partial charge in [0.05, 0.1) is 12.7 Å². The Labute approximate surface area is 129 Å². The van der Waals surface area contributed by atoms with Crippen molar-refractivity contribution in [2.45, 2.75) is 13.0 Å². The van der Waals surface area contributed by atoms with E-state index in [1.54, 1.807) is 13.3 Å². The number of pyridine rings is 1. The molecule has 0 fully saturated rings. The molecular weight excluding hydrogens is 286 g/mol. The lowest BCUT2D eigenvalue weighted by molar-refractivity contribution is 0.294. The van der Waals surface area contributed by atoms with Crippen LogP contribution in [0, 0.1) is 11.8 Å². The van der Waals surface area contributed by atoms with Crippen molar-refractivity contribution in [1.29, 1.82) is 0 Å². The molecule has 0 aliphatic rings. The Bertz CT molecular complexity index is 629. The number of benzene rings is 1. The summed E-state index contributed by atoms with van der Waals surface area (Å²) >= 11 is 5.58. The molecular formula is C17H16ClNO2. The van der Waals surface area contributed by atoms with Gasteiger partial charge in [0.25, 0.3) is 0 Å². The lowest BCUT2D eigenvalue weighted by Crippen LogP contribution is -2.00. The van der Waals surface area contributed by atoms with Crippen LogP contribution in [-0.4, -0.2) is 18.0 Å². The molecule has 21 heavy (non-hydrogen) atoms. The molecule has 0 spiro atoms. The van der Waals surface area contributed by atoms with Gasteiger partial charge in [0, 0.05) is 24.1 Å². The van der Waals surface area contributed by atoms with Crippen LogP contribution in [-0.2, 0) is 6.61 Å². The van der Waals surface area contributed by atoms with E-state index in [4.69, 9.17) is 21.1 Å². The summed E-state index contributed by atoms with van der Waals surface area (Å²) in [6, 6.07) is 11.4. The molecule has 0 radical (unpaired) electrons. The highest BCUT2D eigenvalue weighted by atomic mass is 35.5. The van der Waals surface area contributed by atoms with Crippen molar-refractivity contribution in [1.82, 2.24) is 4.98 Å². The molecule has 0 aliphatic carbocycles. The molecule has 1 heterocycles. The molecule has 0 aliphatic heterocycles. The van der Waals surface area contributed by atoms with Gasteiger partial charge in [-0.2, -0.15) is 0 Å². The van der Waals surface area contributed by atoms with Gasteiger partial charge in [0.1, 0.15) is 12.4 Å². The van der Waals surface area contributed by atoms with Gasteiger partial charge in [-0.1, -0.05) is 11.8 Å². The van der Waals surface area contributed by atoms with Crippen molar-refractivity contribution in [3.8, 4) is 23.5 Å². The number of rotatable bonds is 5. The first-order valence-corrected chi connectivity index (χ1v) is 7.12. The summed E-state index contributed by atoms with van der Waals surface area (Å²) in [5, 5.41) is 0. The van der Waals surface area contributed by atoms with Crippen LogP contribution in [0.2, 0.25) is 0 Å². The quantitative estimate of drug-likeness (QED) is 0.624. The van der Waals surface area contributed by atoms with Gasteiger partial charge in [-0.15, -0.1) is 11.6 Å². The first kappa shape index (κ1) is 15.2. The standard InChI is InChI=1S/C17H16ClNO2/c1-20-17-15(6-4-12-19-17)13-21-16-9-7-14(8-10-16)5-2-3-11-18/h4,6-10,12H,3,11,13H2,1H3. The molecule has 0 unspecified atom stereocenters. The SMILES string of the molecule is COc1ncccc1COc1ccc(C#CCCCl)cc1. The summed E-state index contributed by atoms with van der Waals surface area (Å²) in [5.41, 5.74) is 1.86. The summed E-state index contributed by atoms with van der Waals surface area (Å²) in [7, 11) is 1.60. The highest BCUT2D eigenvalue weighted by molar-refractivity contribution is 6.18. The third-order valence-electron chi connectivity index (χ3n) is 2.74. The molecule has 1 aromatic carbocycles. The Morgan fingerprint density at radius 3 is 2.71 bits per heavy atom. The highest BCUT2D eigenvalue weighted by Crippen LogP contribution is 2.18. The molecule has 3 nitrogen and oxygen atoms in total. The molecule has 2 aromatic rings. The Kier molecular flexibility index (Phi) is 5.93. The number of ether oxygens (including phenoxy) is 2. The van der Waals surface area contributed by atoms with E-state index in [1.807, 2.05) is 36.4 Å². The largest absolute Gasteiger partial charge is 0.489 e. The van der Waals surface area contributed by atoms with Crippen LogP contribution >= 0.6 is 11.6 Å². The van der Waals surface area contributed by atoms with Gasteiger partial charge in [-0.05, 0) is 36.4 Å². The Morgan fingerprint density at radius 1 is 1.19 bits per heavy atom. The van der Waals surface area contributed by atoms with E-state index >= 15 is 0 Å². The summed E-state index contributed by atoms with van der Waals surface area (Å²) in [5.74, 6) is 7.96. The van der Waals surface area contributed by atoms with Crippen molar-refractivity contribution in [2.24, 2.45) is 0 Å². The van der Waals surface area contributed by atoms with Gasteiger partial charge in [-0.25, -0.2) is 4.98 Å². The molecule has 0 atom stereocenters. The predicted molar refractivity (Wildman–Crippen MR) is 83.8 cm³/mol. The van der Waals surface area contributed by atoms with Crippen LogP contribution in [0.4, 0.5) is 0 Å². The Hall–Kier alpha value is -2.18. The predicted octanol–water partition coefficient (Wildman–Crippen LogP) is 3.65. The zero-order valence-corrected chi connectivity index (χ0v) is 12.6. The second kappa shape index (κ2) is 8.18. The van der Waals surface area contributed by atoms with Crippen molar-refractivity contribution in [3.05, 3.63) is 53.7 Å². The highest BCUT2D eigenvalue weighted by Gasteiger charge is 2.03. The Morgan fingerprint density at radius 2 is 2.00 bits per heavy atom. The molecule has 108 valence electrons. The first-order valence-electron chi connectivity index (χ1n) is 6.59. The molecule has 4 heteroatoms. The fourth-order valence-corrected chi connectivity index (χ4v) is 1.82. The topological polar surface area (TPSA) is 31.4 Å². The number of aromatic nitrogens is 1. The van der Waals surface area contributed by atoms with Crippen LogP contribution in [0.1, 0.15) is 17.5 Å². The van der Waals surface area contributed by atoms with Crippen LogP contribution in [0.15, 0.2) is 42.6 Å². The molecule has 0 bridgehead atoms. The van der Waals surface area contributed by atoms with E-state index in [-0.39, 0.29) is 0 Å². The van der Waals surface area contributed by atoms with E-state index in [1.165, 1.54) is 0 Å². The molecule has 0 saturated heterocycles. The lowest BCUT2D eigenvalue weighted by atomic mass is 10.2. The van der Waals surface area contributed by atoms with Crippen molar-refractivity contribution >= 4 is 11.6 Å². The van der Waals surface area contributed by atoms with Crippen molar-refractivity contribution in [3.63, 3.8) is 0 Å². The smallest absolute Gasteiger partial charge is 0.219 e. The second-order valence-electron chi connectivity index (χ2n) is 4.23. The van der Waals surface area contributed by atoms with E-state index in [0.717, 1.165) is 16.9 Å². The first-order chi connectivity index (χ1) is 10.3. The van der Waals surface area contributed by atoms with Crippen LogP contribution in [0.3, 0.4) is 0 Å². The second-order valence-corrected chi connectivity index (χ2v) is 4.60. The maximum absolute atomic E-state index is 5.73. The van der Waals surface area contributed by atoms with Crippen molar-refractivity contribution < 1.29 is 9.47 Å². The lowest BCUT2D eigenvalue weighted by Gasteiger charge is -2.09. The molecule has 0 saturated carbocycles. The summed E-state index contributed by atoms with van der Waals surface area (Å²) < 4.78 is 10.9. The average Bonchev–Trinajstić information content (AvgIpc) is 2.54. The number of methoxy groups -OCH3 is 1. The zero-order valence-electron chi connectivity index (χ0n) is 11.8. The van der Waals surface area contributed by atoms with Crippen LogP contribution in [0.25, 0.3) is 0 Å². The third-order valence-corrected chi connectivity index (χ3v) is 2.93. The number of hydrogen-bond donors (Lipinski definition) is 0. The molecule has 1 aromatic heterocycles. The van der Waals surface area contributed by atoms with E-state index in [2.05, 4.69) is 16.8 Å². The van der Waals surface area contributed by atoms with Gasteiger partial charge in [0.15, 0.2) is 0 Å². The number of alkyl halides is 1. The maximum Gasteiger partial charge on any atom is 0.219 e. The van der Waals surface area contributed by atoms with E-state index in [9.17, 15) is 0 Å². The van der Waals surface area contributed by atoms with Gasteiger partial charge >= 0.3 is 0 Å². The molecule has 0 amide bonds. The van der Waals surface area contributed by atoms with E-state index in [0.29, 0.717) is 24.8 Å². The minimum absolute atomic E-state index is 0.411. The maximum atomic E-state index is 5.73. The number of halogens is 1. The van der Waals surface area contributed by atoms with Gasteiger partial charge < -0.3 is 9.47 Å². The minimum atomic E-state index is 0.411. The van der Waals surface area contributed by atoms with Gasteiger partial charge in [-0.3, -0.25) is 0 Å². The third kappa shape index (κ3) is 4.70. The summed E-state index contributed by atoms with van der Waals surface area (Å²) in [6.45, 7) is 0.411. The average molecular weight is 302 g/mol. The Balaban J connectivity index is 1.96. The zero-order chi connectivity index (χ0) is 14.9. The van der Waals surface area contributed by atoms with Crippen LogP contribution < -0.4 is 9.47 Å². The minimum Gasteiger partial charge on any atom is -0.489 e. The normalized spacial score (nSPS) is 9.62. The van der Waals surface area contributed by atoms with E-state index < -0.39 is 0 Å². The molecule has 2 rings (SSSR count). The van der Waals surface area contributed by atoms with Gasteiger partial charge in [0.2, 0.25) is 5.88 Å². The van der Waals surface area contributed by atoms with Crippen molar-refractivity contribution in [2.75, 3.05) is 13.0 Å². The fourth-order valence-electron chi connectivity index (χ4n) is 1.73. The fraction of sp³-hybridized carbons (Fsp3) is 0.235.